The molecule has 3 atom stereocenters. The lowest BCUT2D eigenvalue weighted by Crippen LogP contribution is -2.44. The summed E-state index contributed by atoms with van der Waals surface area (Å²) in [6.45, 7) is 5.65. The molecule has 0 aliphatic heterocycles. The van der Waals surface area contributed by atoms with Crippen molar-refractivity contribution in [2.24, 2.45) is 11.7 Å². The number of hydrogen-bond donors (Lipinski definition) is 2. The molecule has 0 saturated heterocycles. The molecule has 1 fully saturated rings. The second-order valence-corrected chi connectivity index (χ2v) is 5.45. The lowest BCUT2D eigenvalue weighted by Gasteiger charge is -2.29. The predicted molar refractivity (Wildman–Crippen MR) is 65.9 cm³/mol. The molecule has 3 nitrogen and oxygen atoms in total. The molecule has 0 aromatic heterocycles. The number of hydrogen-bond acceptors (Lipinski definition) is 3. The molecule has 0 spiro atoms. The molecule has 0 heterocycles. The summed E-state index contributed by atoms with van der Waals surface area (Å²) in [7, 11) is 4.32. The van der Waals surface area contributed by atoms with E-state index < -0.39 is 0 Å². The molecule has 0 bridgehead atoms. The fraction of sp³-hybridized carbons (Fsp3) is 1.00. The van der Waals surface area contributed by atoms with Gasteiger partial charge in [-0.05, 0) is 39.3 Å². The van der Waals surface area contributed by atoms with E-state index in [-0.39, 0.29) is 0 Å². The number of nitrogens with zero attached hydrogens (tertiary/aromatic N) is 1. The Labute approximate surface area is 94.4 Å². The maximum Gasteiger partial charge on any atom is 0.0237 e. The standard InChI is InChI=1S/C12H27N3/c1-9(2)12(15(3)4)8-14-11-6-5-10(13)7-11/h9-12,14H,5-8,13H2,1-4H3. The fourth-order valence-corrected chi connectivity index (χ4v) is 2.50. The van der Waals surface area contributed by atoms with Crippen molar-refractivity contribution in [3.8, 4) is 0 Å². The van der Waals surface area contributed by atoms with Crippen LogP contribution in [0.1, 0.15) is 33.1 Å². The molecule has 1 aliphatic carbocycles. The van der Waals surface area contributed by atoms with Gasteiger partial charge in [-0.1, -0.05) is 13.8 Å². The van der Waals surface area contributed by atoms with Gasteiger partial charge < -0.3 is 16.0 Å². The largest absolute Gasteiger partial charge is 0.328 e. The molecular formula is C12H27N3. The quantitative estimate of drug-likeness (QED) is 0.717. The first-order valence-corrected chi connectivity index (χ1v) is 6.16. The summed E-state index contributed by atoms with van der Waals surface area (Å²) in [5.74, 6) is 0.697. The van der Waals surface area contributed by atoms with Crippen molar-refractivity contribution in [3.63, 3.8) is 0 Å². The first kappa shape index (κ1) is 12.9. The molecule has 0 radical (unpaired) electrons. The SMILES string of the molecule is CC(C)C(CNC1CCC(N)C1)N(C)C. The maximum absolute atomic E-state index is 5.90. The first-order chi connectivity index (χ1) is 7.00. The zero-order valence-electron chi connectivity index (χ0n) is 10.7. The Kier molecular flexibility index (Phi) is 5.03. The monoisotopic (exact) mass is 213 g/mol. The van der Waals surface area contributed by atoms with Gasteiger partial charge in [0.2, 0.25) is 0 Å². The molecule has 3 N–H and O–H groups in total. The fourth-order valence-electron chi connectivity index (χ4n) is 2.50. The van der Waals surface area contributed by atoms with Crippen molar-refractivity contribution in [1.29, 1.82) is 0 Å². The van der Waals surface area contributed by atoms with E-state index in [4.69, 9.17) is 5.73 Å². The third-order valence-electron chi connectivity index (χ3n) is 3.52. The van der Waals surface area contributed by atoms with Crippen LogP contribution >= 0.6 is 0 Å². The van der Waals surface area contributed by atoms with Crippen molar-refractivity contribution in [2.75, 3.05) is 20.6 Å². The minimum absolute atomic E-state index is 0.430. The van der Waals surface area contributed by atoms with Gasteiger partial charge in [-0.3, -0.25) is 0 Å². The number of likely N-dealkylation sites (N-methyl/N-ethyl adjacent to an activating group) is 1. The van der Waals surface area contributed by atoms with Gasteiger partial charge >= 0.3 is 0 Å². The number of nitrogens with two attached hydrogens (primary N) is 1. The molecule has 1 saturated carbocycles. The van der Waals surface area contributed by atoms with Crippen LogP contribution in [-0.4, -0.2) is 43.7 Å². The maximum atomic E-state index is 5.90. The van der Waals surface area contributed by atoms with E-state index in [1.807, 2.05) is 0 Å². The Balaban J connectivity index is 2.27. The summed E-state index contributed by atoms with van der Waals surface area (Å²) in [4.78, 5) is 2.31. The van der Waals surface area contributed by atoms with Gasteiger partial charge in [-0.2, -0.15) is 0 Å². The van der Waals surface area contributed by atoms with E-state index in [1.165, 1.54) is 12.8 Å². The highest BCUT2D eigenvalue weighted by Gasteiger charge is 2.23. The summed E-state index contributed by atoms with van der Waals surface area (Å²) in [5, 5.41) is 3.65. The Morgan fingerprint density at radius 3 is 2.40 bits per heavy atom. The summed E-state index contributed by atoms with van der Waals surface area (Å²) < 4.78 is 0. The topological polar surface area (TPSA) is 41.3 Å². The Morgan fingerprint density at radius 2 is 2.00 bits per heavy atom. The van der Waals surface area contributed by atoms with Gasteiger partial charge in [-0.15, -0.1) is 0 Å². The van der Waals surface area contributed by atoms with Gasteiger partial charge in [0.15, 0.2) is 0 Å². The molecule has 15 heavy (non-hydrogen) atoms. The van der Waals surface area contributed by atoms with Gasteiger partial charge in [0.05, 0.1) is 0 Å². The molecule has 3 heteroatoms. The van der Waals surface area contributed by atoms with E-state index in [2.05, 4.69) is 38.2 Å². The summed E-state index contributed by atoms with van der Waals surface area (Å²) in [5.41, 5.74) is 5.90. The Bertz CT molecular complexity index is 172. The normalized spacial score (nSPS) is 29.0. The number of nitrogens with one attached hydrogen (secondary N) is 1. The van der Waals surface area contributed by atoms with Gasteiger partial charge in [0.25, 0.3) is 0 Å². The molecule has 1 aliphatic rings. The summed E-state index contributed by atoms with van der Waals surface area (Å²) in [6.07, 6.45) is 3.59. The van der Waals surface area contributed by atoms with Gasteiger partial charge in [-0.25, -0.2) is 0 Å². The second-order valence-electron chi connectivity index (χ2n) is 5.45. The molecule has 90 valence electrons. The second kappa shape index (κ2) is 5.83. The minimum atomic E-state index is 0.430. The van der Waals surface area contributed by atoms with Crippen LogP contribution in [0.5, 0.6) is 0 Å². The van der Waals surface area contributed by atoms with Crippen molar-refractivity contribution >= 4 is 0 Å². The van der Waals surface area contributed by atoms with E-state index in [0.717, 1.165) is 13.0 Å². The van der Waals surface area contributed by atoms with E-state index >= 15 is 0 Å². The lowest BCUT2D eigenvalue weighted by molar-refractivity contribution is 0.218. The van der Waals surface area contributed by atoms with Crippen LogP contribution in [0.2, 0.25) is 0 Å². The van der Waals surface area contributed by atoms with Gasteiger partial charge in [0.1, 0.15) is 0 Å². The van der Waals surface area contributed by atoms with Crippen molar-refractivity contribution in [2.45, 2.75) is 51.2 Å². The van der Waals surface area contributed by atoms with E-state index in [0.29, 0.717) is 24.0 Å². The Morgan fingerprint density at radius 1 is 1.33 bits per heavy atom. The minimum Gasteiger partial charge on any atom is -0.328 e. The first-order valence-electron chi connectivity index (χ1n) is 6.16. The highest BCUT2D eigenvalue weighted by Crippen LogP contribution is 2.17. The van der Waals surface area contributed by atoms with Crippen LogP contribution in [0.25, 0.3) is 0 Å². The molecule has 3 unspecified atom stereocenters. The molecule has 0 amide bonds. The van der Waals surface area contributed by atoms with Crippen LogP contribution in [0, 0.1) is 5.92 Å². The van der Waals surface area contributed by atoms with Crippen LogP contribution in [0.4, 0.5) is 0 Å². The average Bonchev–Trinajstić information content (AvgIpc) is 2.50. The zero-order valence-corrected chi connectivity index (χ0v) is 10.7. The third-order valence-corrected chi connectivity index (χ3v) is 3.52. The van der Waals surface area contributed by atoms with Crippen molar-refractivity contribution in [1.82, 2.24) is 10.2 Å². The summed E-state index contributed by atoms with van der Waals surface area (Å²) >= 11 is 0. The van der Waals surface area contributed by atoms with Crippen LogP contribution in [0.15, 0.2) is 0 Å². The van der Waals surface area contributed by atoms with E-state index in [1.54, 1.807) is 0 Å². The third kappa shape index (κ3) is 4.09. The molecule has 0 aromatic carbocycles. The van der Waals surface area contributed by atoms with Crippen LogP contribution in [-0.2, 0) is 0 Å². The molecule has 0 aromatic rings. The number of rotatable bonds is 5. The molecule has 1 rings (SSSR count). The smallest absolute Gasteiger partial charge is 0.0237 e. The lowest BCUT2D eigenvalue weighted by atomic mass is 10.0. The van der Waals surface area contributed by atoms with Crippen molar-refractivity contribution < 1.29 is 0 Å². The molecular weight excluding hydrogens is 186 g/mol. The Hall–Kier alpha value is -0.120. The average molecular weight is 213 g/mol. The highest BCUT2D eigenvalue weighted by atomic mass is 15.1. The van der Waals surface area contributed by atoms with Crippen LogP contribution in [0.3, 0.4) is 0 Å². The summed E-state index contributed by atoms with van der Waals surface area (Å²) in [6, 6.07) is 1.71. The highest BCUT2D eigenvalue weighted by molar-refractivity contribution is 4.84. The van der Waals surface area contributed by atoms with Crippen LogP contribution < -0.4 is 11.1 Å². The van der Waals surface area contributed by atoms with Gasteiger partial charge in [0, 0.05) is 24.7 Å². The van der Waals surface area contributed by atoms with E-state index in [9.17, 15) is 0 Å². The zero-order chi connectivity index (χ0) is 11.4. The van der Waals surface area contributed by atoms with Crippen molar-refractivity contribution in [3.05, 3.63) is 0 Å². The predicted octanol–water partition coefficient (Wildman–Crippen LogP) is 1.04.